The number of carbonyl (C=O) groups excluding carboxylic acids is 1. The number of hydrogen-bond acceptors (Lipinski definition) is 5. The summed E-state index contributed by atoms with van der Waals surface area (Å²) in [4.78, 5) is 23.9. The summed E-state index contributed by atoms with van der Waals surface area (Å²) in [5.74, 6) is -0.783. The first-order valence-electron chi connectivity index (χ1n) is 8.20. The summed E-state index contributed by atoms with van der Waals surface area (Å²) in [5.41, 5.74) is -0.789. The SMILES string of the molecule is CC(C)(C)OC(=O)N1CCC[C@H](COc2cc([N+](=O)[O-])ccc2F)C1. The van der Waals surface area contributed by atoms with Crippen LogP contribution in [0.1, 0.15) is 33.6 Å². The molecule has 1 aliphatic heterocycles. The number of non-ortho nitro benzene ring substituents is 1. The largest absolute Gasteiger partial charge is 0.490 e. The molecule has 0 aliphatic carbocycles. The predicted molar refractivity (Wildman–Crippen MR) is 89.1 cm³/mol. The Morgan fingerprint density at radius 2 is 2.16 bits per heavy atom. The third-order valence-corrected chi connectivity index (χ3v) is 3.77. The molecule has 138 valence electrons. The maximum atomic E-state index is 13.7. The second-order valence-electron chi connectivity index (χ2n) is 7.12. The Bertz CT molecular complexity index is 644. The summed E-state index contributed by atoms with van der Waals surface area (Å²) in [5, 5.41) is 10.8. The van der Waals surface area contributed by atoms with E-state index in [0.717, 1.165) is 31.0 Å². The van der Waals surface area contributed by atoms with E-state index in [1.807, 2.05) is 0 Å². The van der Waals surface area contributed by atoms with E-state index in [0.29, 0.717) is 13.1 Å². The molecule has 1 saturated heterocycles. The molecule has 25 heavy (non-hydrogen) atoms. The molecule has 0 saturated carbocycles. The smallest absolute Gasteiger partial charge is 0.410 e. The molecule has 0 radical (unpaired) electrons. The Morgan fingerprint density at radius 3 is 2.80 bits per heavy atom. The fourth-order valence-electron chi connectivity index (χ4n) is 2.62. The van der Waals surface area contributed by atoms with Gasteiger partial charge >= 0.3 is 6.09 Å². The Morgan fingerprint density at radius 1 is 1.44 bits per heavy atom. The van der Waals surface area contributed by atoms with Gasteiger partial charge in [0.05, 0.1) is 17.6 Å². The lowest BCUT2D eigenvalue weighted by molar-refractivity contribution is -0.385. The first-order valence-corrected chi connectivity index (χ1v) is 8.20. The van der Waals surface area contributed by atoms with Crippen LogP contribution in [0.4, 0.5) is 14.9 Å². The highest BCUT2D eigenvalue weighted by molar-refractivity contribution is 5.68. The van der Waals surface area contributed by atoms with Crippen LogP contribution in [0.5, 0.6) is 5.75 Å². The molecule has 7 nitrogen and oxygen atoms in total. The summed E-state index contributed by atoms with van der Waals surface area (Å²) in [6, 6.07) is 3.18. The number of halogens is 1. The van der Waals surface area contributed by atoms with Crippen LogP contribution in [0.2, 0.25) is 0 Å². The molecule has 1 fully saturated rings. The second-order valence-corrected chi connectivity index (χ2v) is 7.12. The summed E-state index contributed by atoms with van der Waals surface area (Å²) in [6.07, 6.45) is 1.25. The number of piperidine rings is 1. The van der Waals surface area contributed by atoms with Gasteiger partial charge in [-0.1, -0.05) is 0 Å². The van der Waals surface area contributed by atoms with Crippen molar-refractivity contribution in [1.29, 1.82) is 0 Å². The number of carbonyl (C=O) groups is 1. The molecule has 1 heterocycles. The van der Waals surface area contributed by atoms with Gasteiger partial charge in [0.25, 0.3) is 5.69 Å². The fraction of sp³-hybridized carbons (Fsp3) is 0.588. The first-order chi connectivity index (χ1) is 11.7. The van der Waals surface area contributed by atoms with Gasteiger partial charge in [-0.2, -0.15) is 0 Å². The molecule has 1 atom stereocenters. The summed E-state index contributed by atoms with van der Waals surface area (Å²) in [6.45, 7) is 6.65. The van der Waals surface area contributed by atoms with Crippen LogP contribution in [0.15, 0.2) is 18.2 Å². The van der Waals surface area contributed by atoms with Crippen LogP contribution in [0.3, 0.4) is 0 Å². The van der Waals surface area contributed by atoms with E-state index >= 15 is 0 Å². The van der Waals surface area contributed by atoms with Crippen LogP contribution in [0, 0.1) is 21.8 Å². The maximum absolute atomic E-state index is 13.7. The molecule has 0 spiro atoms. The van der Waals surface area contributed by atoms with Gasteiger partial charge in [0, 0.05) is 25.1 Å². The molecule has 1 aromatic carbocycles. The number of ether oxygens (including phenoxy) is 2. The van der Waals surface area contributed by atoms with Crippen molar-refractivity contribution < 1.29 is 23.6 Å². The molecule has 1 aromatic rings. The molecular formula is C17H23FN2O5. The molecular weight excluding hydrogens is 331 g/mol. The molecule has 2 rings (SSSR count). The van der Waals surface area contributed by atoms with E-state index in [1.54, 1.807) is 25.7 Å². The zero-order chi connectivity index (χ0) is 18.6. The minimum absolute atomic E-state index is 0.0138. The topological polar surface area (TPSA) is 81.9 Å². The Balaban J connectivity index is 1.94. The molecule has 1 amide bonds. The maximum Gasteiger partial charge on any atom is 0.410 e. The minimum Gasteiger partial charge on any atom is -0.490 e. The van der Waals surface area contributed by atoms with Crippen molar-refractivity contribution in [3.63, 3.8) is 0 Å². The van der Waals surface area contributed by atoms with Crippen molar-refractivity contribution in [3.8, 4) is 5.75 Å². The molecule has 1 aliphatic rings. The molecule has 0 unspecified atom stereocenters. The van der Waals surface area contributed by atoms with Gasteiger partial charge in [0.1, 0.15) is 5.60 Å². The number of nitro benzene ring substituents is 1. The first kappa shape index (κ1) is 19.0. The van der Waals surface area contributed by atoms with Crippen molar-refractivity contribution in [3.05, 3.63) is 34.1 Å². The van der Waals surface area contributed by atoms with Crippen LogP contribution < -0.4 is 4.74 Å². The van der Waals surface area contributed by atoms with E-state index in [4.69, 9.17) is 9.47 Å². The van der Waals surface area contributed by atoms with Gasteiger partial charge in [-0.25, -0.2) is 9.18 Å². The molecule has 0 bridgehead atoms. The number of nitro groups is 1. The van der Waals surface area contributed by atoms with Crippen LogP contribution in [0.25, 0.3) is 0 Å². The number of amides is 1. The zero-order valence-electron chi connectivity index (χ0n) is 14.7. The minimum atomic E-state index is -0.648. The molecule has 0 N–H and O–H groups in total. The van der Waals surface area contributed by atoms with Crippen molar-refractivity contribution in [2.24, 2.45) is 5.92 Å². The average Bonchev–Trinajstić information content (AvgIpc) is 2.52. The standard InChI is InChI=1S/C17H23FN2O5/c1-17(2,3)25-16(21)19-8-4-5-12(10-19)11-24-15-9-13(20(22)23)6-7-14(15)18/h6-7,9,12H,4-5,8,10-11H2,1-3H3/t12-/m0/s1. The van der Waals surface area contributed by atoms with Gasteiger partial charge in [-0.05, 0) is 39.7 Å². The highest BCUT2D eigenvalue weighted by Gasteiger charge is 2.28. The number of likely N-dealkylation sites (tertiary alicyclic amines) is 1. The lowest BCUT2D eigenvalue weighted by atomic mass is 9.99. The lowest BCUT2D eigenvalue weighted by Crippen LogP contribution is -2.44. The normalized spacial score (nSPS) is 17.9. The van der Waals surface area contributed by atoms with Crippen molar-refractivity contribution >= 4 is 11.8 Å². The highest BCUT2D eigenvalue weighted by Crippen LogP contribution is 2.25. The van der Waals surface area contributed by atoms with Crippen LogP contribution >= 0.6 is 0 Å². The van der Waals surface area contributed by atoms with Crippen molar-refractivity contribution in [2.45, 2.75) is 39.2 Å². The quantitative estimate of drug-likeness (QED) is 0.607. The highest BCUT2D eigenvalue weighted by atomic mass is 19.1. The summed E-state index contributed by atoms with van der Waals surface area (Å²) >= 11 is 0. The van der Waals surface area contributed by atoms with Gasteiger partial charge in [0.2, 0.25) is 0 Å². The Labute approximate surface area is 145 Å². The zero-order valence-corrected chi connectivity index (χ0v) is 14.7. The van der Waals surface area contributed by atoms with Crippen molar-refractivity contribution in [1.82, 2.24) is 4.90 Å². The van der Waals surface area contributed by atoms with Gasteiger partial charge < -0.3 is 14.4 Å². The molecule has 0 aromatic heterocycles. The third kappa shape index (κ3) is 5.58. The Hall–Kier alpha value is -2.38. The summed E-state index contributed by atoms with van der Waals surface area (Å²) < 4.78 is 24.5. The van der Waals surface area contributed by atoms with Gasteiger partial charge in [-0.3, -0.25) is 10.1 Å². The second kappa shape index (κ2) is 7.67. The average molecular weight is 354 g/mol. The van der Waals surface area contributed by atoms with E-state index < -0.39 is 16.3 Å². The van der Waals surface area contributed by atoms with E-state index in [1.165, 1.54) is 0 Å². The summed E-state index contributed by atoms with van der Waals surface area (Å²) in [7, 11) is 0. The van der Waals surface area contributed by atoms with E-state index in [2.05, 4.69) is 0 Å². The lowest BCUT2D eigenvalue weighted by Gasteiger charge is -2.34. The van der Waals surface area contributed by atoms with Gasteiger partial charge in [-0.15, -0.1) is 0 Å². The molecule has 8 heteroatoms. The van der Waals surface area contributed by atoms with Gasteiger partial charge in [0.15, 0.2) is 11.6 Å². The van der Waals surface area contributed by atoms with Crippen LogP contribution in [-0.4, -0.2) is 41.2 Å². The van der Waals surface area contributed by atoms with Crippen LogP contribution in [-0.2, 0) is 4.74 Å². The number of hydrogen-bond donors (Lipinski definition) is 0. The monoisotopic (exact) mass is 354 g/mol. The fourth-order valence-corrected chi connectivity index (χ4v) is 2.62. The number of nitrogens with zero attached hydrogens (tertiary/aromatic N) is 2. The third-order valence-electron chi connectivity index (χ3n) is 3.77. The predicted octanol–water partition coefficient (Wildman–Crippen LogP) is 3.76. The van der Waals surface area contributed by atoms with Crippen molar-refractivity contribution in [2.75, 3.05) is 19.7 Å². The Kier molecular flexibility index (Phi) is 5.81. The number of rotatable bonds is 4. The van der Waals surface area contributed by atoms with E-state index in [-0.39, 0.29) is 30.1 Å². The van der Waals surface area contributed by atoms with E-state index in [9.17, 15) is 19.3 Å². The number of benzene rings is 1.